The maximum Gasteiger partial charge on any atom is 0.162 e. The van der Waals surface area contributed by atoms with Crippen LogP contribution in [-0.4, -0.2) is 48.5 Å². The average molecular weight is 472 g/mol. The molecular weight excluding hydrogens is 448 g/mol. The lowest BCUT2D eigenvalue weighted by Gasteiger charge is -2.41. The Balaban J connectivity index is 1.47. The number of nitriles is 1. The zero-order valence-electron chi connectivity index (χ0n) is 18.8. The Morgan fingerprint density at radius 2 is 1.79 bits per heavy atom. The molecule has 172 valence electrons. The van der Waals surface area contributed by atoms with E-state index in [0.717, 1.165) is 24.2 Å². The van der Waals surface area contributed by atoms with Gasteiger partial charge in [-0.25, -0.2) is 9.50 Å². The second-order valence-electron chi connectivity index (χ2n) is 8.57. The predicted octanol–water partition coefficient (Wildman–Crippen LogP) is 3.36. The minimum Gasteiger partial charge on any atom is -0.768 e. The van der Waals surface area contributed by atoms with Crippen LogP contribution in [0.25, 0.3) is 27.9 Å². The van der Waals surface area contributed by atoms with Gasteiger partial charge < -0.3 is 14.8 Å². The fourth-order valence-electron chi connectivity index (χ4n) is 4.61. The van der Waals surface area contributed by atoms with Gasteiger partial charge in [0.05, 0.1) is 17.8 Å². The van der Waals surface area contributed by atoms with Crippen molar-refractivity contribution in [2.75, 3.05) is 18.0 Å². The molecule has 0 aliphatic carbocycles. The molecule has 34 heavy (non-hydrogen) atoms. The Hall–Kier alpha value is -3.58. The molecule has 0 saturated carbocycles. The normalized spacial score (nSPS) is 19.2. The summed E-state index contributed by atoms with van der Waals surface area (Å²) in [6.07, 6.45) is 5.32. The van der Waals surface area contributed by atoms with E-state index in [2.05, 4.69) is 58.4 Å². The van der Waals surface area contributed by atoms with Gasteiger partial charge in [0.15, 0.2) is 5.65 Å². The van der Waals surface area contributed by atoms with Gasteiger partial charge in [-0.2, -0.15) is 10.4 Å². The SMILES string of the molecule is C[C@@H]1CNC[C@H](C)N1c1ccc(-c2cnc3c(-c4cc(C#N)cc(S(=O)[O-])c4)cnn3c2)cc1. The Kier molecular flexibility index (Phi) is 5.87. The minimum absolute atomic E-state index is 0.0539. The van der Waals surface area contributed by atoms with E-state index in [0.29, 0.717) is 28.9 Å². The van der Waals surface area contributed by atoms with E-state index in [1.807, 2.05) is 12.3 Å². The number of rotatable bonds is 4. The van der Waals surface area contributed by atoms with Crippen molar-refractivity contribution >= 4 is 22.4 Å². The fourth-order valence-corrected chi connectivity index (χ4v) is 5.06. The van der Waals surface area contributed by atoms with Crippen molar-refractivity contribution in [2.24, 2.45) is 0 Å². The molecule has 2 aromatic carbocycles. The van der Waals surface area contributed by atoms with Crippen molar-refractivity contribution in [3.8, 4) is 28.3 Å². The predicted molar refractivity (Wildman–Crippen MR) is 130 cm³/mol. The summed E-state index contributed by atoms with van der Waals surface area (Å²) in [6.45, 7) is 6.40. The highest BCUT2D eigenvalue weighted by Crippen LogP contribution is 2.29. The van der Waals surface area contributed by atoms with Crippen molar-refractivity contribution in [1.82, 2.24) is 19.9 Å². The third kappa shape index (κ3) is 4.07. The molecule has 1 N–H and O–H groups in total. The summed E-state index contributed by atoms with van der Waals surface area (Å²) in [5.74, 6) is 0. The van der Waals surface area contributed by atoms with Gasteiger partial charge in [-0.15, -0.1) is 0 Å². The van der Waals surface area contributed by atoms with Gasteiger partial charge in [0.2, 0.25) is 0 Å². The van der Waals surface area contributed by atoms with Crippen LogP contribution >= 0.6 is 0 Å². The van der Waals surface area contributed by atoms with Crippen LogP contribution in [0.15, 0.2) is 66.0 Å². The molecule has 0 amide bonds. The third-order valence-corrected chi connectivity index (χ3v) is 6.84. The molecule has 1 fully saturated rings. The molecule has 0 radical (unpaired) electrons. The zero-order chi connectivity index (χ0) is 23.8. The number of nitrogens with one attached hydrogen (secondary N) is 1. The number of hydrogen-bond acceptors (Lipinski definition) is 7. The Morgan fingerprint density at radius 3 is 2.47 bits per heavy atom. The number of nitrogens with zero attached hydrogens (tertiary/aromatic N) is 5. The summed E-state index contributed by atoms with van der Waals surface area (Å²) in [6, 6.07) is 15.8. The summed E-state index contributed by atoms with van der Waals surface area (Å²) >= 11 is -2.44. The van der Waals surface area contributed by atoms with E-state index in [4.69, 9.17) is 0 Å². The highest BCUT2D eigenvalue weighted by Gasteiger charge is 2.24. The van der Waals surface area contributed by atoms with Crippen LogP contribution in [0, 0.1) is 11.3 Å². The summed E-state index contributed by atoms with van der Waals surface area (Å²) in [4.78, 5) is 7.10. The van der Waals surface area contributed by atoms with Gasteiger partial charge in [0.25, 0.3) is 0 Å². The highest BCUT2D eigenvalue weighted by molar-refractivity contribution is 7.79. The first-order valence-electron chi connectivity index (χ1n) is 11.0. The van der Waals surface area contributed by atoms with Crippen molar-refractivity contribution < 1.29 is 8.76 Å². The van der Waals surface area contributed by atoms with Crippen molar-refractivity contribution in [3.63, 3.8) is 0 Å². The topological polar surface area (TPSA) is 109 Å². The largest absolute Gasteiger partial charge is 0.768 e. The fraction of sp³-hybridized carbons (Fsp3) is 0.240. The molecule has 1 aliphatic heterocycles. The lowest BCUT2D eigenvalue weighted by molar-refractivity contribution is 0.432. The molecule has 5 rings (SSSR count). The van der Waals surface area contributed by atoms with E-state index in [-0.39, 0.29) is 10.5 Å². The molecule has 4 aromatic rings. The molecule has 3 atom stereocenters. The molecule has 3 heterocycles. The Bertz CT molecular complexity index is 1420. The van der Waals surface area contributed by atoms with Crippen molar-refractivity contribution in [2.45, 2.75) is 30.8 Å². The van der Waals surface area contributed by atoms with Crippen LogP contribution in [0.2, 0.25) is 0 Å². The molecule has 9 heteroatoms. The zero-order valence-corrected chi connectivity index (χ0v) is 19.6. The number of fused-ring (bicyclic) bond motifs is 1. The second kappa shape index (κ2) is 8.99. The van der Waals surface area contributed by atoms with Crippen molar-refractivity contribution in [3.05, 3.63) is 66.6 Å². The molecular formula is C25H23N6O2S-. The molecule has 0 spiro atoms. The first-order valence-corrected chi connectivity index (χ1v) is 12.1. The number of benzene rings is 2. The van der Waals surface area contributed by atoms with Gasteiger partial charge in [0.1, 0.15) is 0 Å². The lowest BCUT2D eigenvalue weighted by Crippen LogP contribution is -2.55. The van der Waals surface area contributed by atoms with Gasteiger partial charge in [-0.1, -0.05) is 12.1 Å². The highest BCUT2D eigenvalue weighted by atomic mass is 32.2. The van der Waals surface area contributed by atoms with Crippen LogP contribution in [-0.2, 0) is 11.1 Å². The van der Waals surface area contributed by atoms with Crippen molar-refractivity contribution in [1.29, 1.82) is 5.26 Å². The second-order valence-corrected chi connectivity index (χ2v) is 9.51. The van der Waals surface area contributed by atoms with Crippen LogP contribution in [0.5, 0.6) is 0 Å². The summed E-state index contributed by atoms with van der Waals surface area (Å²) in [7, 11) is 0. The smallest absolute Gasteiger partial charge is 0.162 e. The molecule has 8 nitrogen and oxygen atoms in total. The molecule has 0 bridgehead atoms. The van der Waals surface area contributed by atoms with E-state index in [1.165, 1.54) is 17.8 Å². The van der Waals surface area contributed by atoms with E-state index < -0.39 is 11.1 Å². The number of aromatic nitrogens is 3. The third-order valence-electron chi connectivity index (χ3n) is 6.22. The first-order chi connectivity index (χ1) is 16.4. The van der Waals surface area contributed by atoms with Gasteiger partial charge in [0, 0.05) is 59.3 Å². The van der Waals surface area contributed by atoms with E-state index >= 15 is 0 Å². The van der Waals surface area contributed by atoms with Gasteiger partial charge in [-0.05, 0) is 66.4 Å². The summed E-state index contributed by atoms with van der Waals surface area (Å²) in [5, 5.41) is 17.2. The number of anilines is 1. The molecule has 1 aliphatic rings. The molecule has 1 unspecified atom stereocenters. The van der Waals surface area contributed by atoms with Crippen LogP contribution < -0.4 is 10.2 Å². The van der Waals surface area contributed by atoms with Crippen LogP contribution in [0.4, 0.5) is 5.69 Å². The Labute approximate surface area is 200 Å². The lowest BCUT2D eigenvalue weighted by atomic mass is 10.0. The number of piperazine rings is 1. The maximum atomic E-state index is 11.5. The molecule has 1 saturated heterocycles. The van der Waals surface area contributed by atoms with E-state index in [1.54, 1.807) is 23.0 Å². The first kappa shape index (κ1) is 22.2. The van der Waals surface area contributed by atoms with Gasteiger partial charge >= 0.3 is 0 Å². The van der Waals surface area contributed by atoms with E-state index in [9.17, 15) is 14.0 Å². The summed E-state index contributed by atoms with van der Waals surface area (Å²) in [5.41, 5.74) is 5.24. The summed E-state index contributed by atoms with van der Waals surface area (Å²) < 4.78 is 24.6. The van der Waals surface area contributed by atoms with Gasteiger partial charge in [-0.3, -0.25) is 4.21 Å². The quantitative estimate of drug-likeness (QED) is 0.455. The van der Waals surface area contributed by atoms with Crippen LogP contribution in [0.1, 0.15) is 19.4 Å². The van der Waals surface area contributed by atoms with Crippen LogP contribution in [0.3, 0.4) is 0 Å². The standard InChI is InChI=1S/C25H24N6O2S/c1-16-11-27-12-17(2)31(16)22-5-3-19(4-6-22)21-13-28-25-24(14-29-30(25)15-21)20-7-18(10-26)8-23(9-20)34(32)33/h3-9,13-17,27H,11-12H2,1-2H3,(H,32,33)/p-1/t16-,17+. The number of hydrogen-bond donors (Lipinski definition) is 1. The Morgan fingerprint density at radius 1 is 1.06 bits per heavy atom. The maximum absolute atomic E-state index is 11.5. The minimum atomic E-state index is -2.44. The monoisotopic (exact) mass is 471 g/mol. The average Bonchev–Trinajstić information content (AvgIpc) is 3.27. The molecule has 2 aromatic heterocycles.